The molecule has 6 atom stereocenters. The highest BCUT2D eigenvalue weighted by Gasteiger charge is 2.62. The van der Waals surface area contributed by atoms with E-state index in [0.29, 0.717) is 12.8 Å². The highest BCUT2D eigenvalue weighted by molar-refractivity contribution is 5.91. The molecule has 0 saturated carbocycles. The predicted molar refractivity (Wildman–Crippen MR) is 95.5 cm³/mol. The van der Waals surface area contributed by atoms with Crippen molar-refractivity contribution in [1.82, 2.24) is 0 Å². The first-order chi connectivity index (χ1) is 12.7. The third-order valence-corrected chi connectivity index (χ3v) is 5.47. The molecule has 2 fully saturated rings. The minimum atomic E-state index is -1.35. The van der Waals surface area contributed by atoms with Crippen LogP contribution < -0.4 is 0 Å². The third-order valence-electron chi connectivity index (χ3n) is 5.47. The minimum absolute atomic E-state index is 0.249. The zero-order valence-corrected chi connectivity index (χ0v) is 15.8. The van der Waals surface area contributed by atoms with Gasteiger partial charge in [0.2, 0.25) is 5.60 Å². The lowest BCUT2D eigenvalue weighted by Crippen LogP contribution is -2.40. The van der Waals surface area contributed by atoms with E-state index in [4.69, 9.17) is 14.2 Å². The Morgan fingerprint density at radius 1 is 1.33 bits per heavy atom. The SMILES string of the molecule is C=C1C(=O)O[C@@H]2/C=C(\C)C[C@@H](O)/C=C(\C)C[C@@H](OC(=O)[C@]3(CO)O[C@@H]3C)[C@@H]12. The van der Waals surface area contributed by atoms with Crippen LogP contribution in [0.15, 0.2) is 35.5 Å². The van der Waals surface area contributed by atoms with Gasteiger partial charge < -0.3 is 24.4 Å². The van der Waals surface area contributed by atoms with Gasteiger partial charge >= 0.3 is 11.9 Å². The van der Waals surface area contributed by atoms with Gasteiger partial charge in [-0.2, -0.15) is 0 Å². The summed E-state index contributed by atoms with van der Waals surface area (Å²) >= 11 is 0. The van der Waals surface area contributed by atoms with Crippen LogP contribution in [0, 0.1) is 5.92 Å². The number of carbonyl (C=O) groups excluding carboxylic acids is 2. The van der Waals surface area contributed by atoms with Gasteiger partial charge in [0.15, 0.2) is 0 Å². The fourth-order valence-electron chi connectivity index (χ4n) is 3.84. The lowest BCUT2D eigenvalue weighted by atomic mass is 9.85. The number of aliphatic hydroxyl groups is 2. The van der Waals surface area contributed by atoms with Crippen LogP contribution >= 0.6 is 0 Å². The summed E-state index contributed by atoms with van der Waals surface area (Å²) < 4.78 is 16.4. The fraction of sp³-hybridized carbons (Fsp3) is 0.600. The lowest BCUT2D eigenvalue weighted by molar-refractivity contribution is -0.160. The average Bonchev–Trinajstić information content (AvgIpc) is 3.16. The van der Waals surface area contributed by atoms with E-state index in [9.17, 15) is 19.8 Å². The second-order valence-corrected chi connectivity index (χ2v) is 7.67. The van der Waals surface area contributed by atoms with Crippen LogP contribution in [0.1, 0.15) is 33.6 Å². The van der Waals surface area contributed by atoms with Gasteiger partial charge in [-0.25, -0.2) is 9.59 Å². The molecule has 7 heteroatoms. The zero-order valence-electron chi connectivity index (χ0n) is 15.8. The molecular weight excluding hydrogens is 352 g/mol. The summed E-state index contributed by atoms with van der Waals surface area (Å²) in [7, 11) is 0. The predicted octanol–water partition coefficient (Wildman–Crippen LogP) is 1.19. The molecule has 3 aliphatic rings. The van der Waals surface area contributed by atoms with E-state index in [1.165, 1.54) is 0 Å². The molecule has 0 bridgehead atoms. The van der Waals surface area contributed by atoms with E-state index in [2.05, 4.69) is 6.58 Å². The van der Waals surface area contributed by atoms with E-state index in [1.54, 1.807) is 19.1 Å². The van der Waals surface area contributed by atoms with Crippen molar-refractivity contribution in [1.29, 1.82) is 0 Å². The fourth-order valence-corrected chi connectivity index (χ4v) is 3.84. The van der Waals surface area contributed by atoms with Gasteiger partial charge in [-0.15, -0.1) is 0 Å². The van der Waals surface area contributed by atoms with E-state index < -0.39 is 54.5 Å². The Labute approximate surface area is 158 Å². The number of hydrogen-bond donors (Lipinski definition) is 2. The van der Waals surface area contributed by atoms with Gasteiger partial charge in [0.1, 0.15) is 12.2 Å². The number of epoxide rings is 1. The summed E-state index contributed by atoms with van der Waals surface area (Å²) in [4.78, 5) is 24.8. The van der Waals surface area contributed by atoms with Crippen LogP contribution in [-0.4, -0.2) is 58.8 Å². The maximum absolute atomic E-state index is 12.7. The molecular formula is C20H26O7. The van der Waals surface area contributed by atoms with Crippen molar-refractivity contribution in [3.63, 3.8) is 0 Å². The number of esters is 2. The number of aliphatic hydroxyl groups excluding tert-OH is 2. The van der Waals surface area contributed by atoms with Crippen LogP contribution in [0.4, 0.5) is 0 Å². The molecule has 0 aromatic carbocycles. The van der Waals surface area contributed by atoms with Crippen molar-refractivity contribution in [2.75, 3.05) is 6.61 Å². The van der Waals surface area contributed by atoms with Crippen molar-refractivity contribution in [2.45, 2.75) is 63.6 Å². The molecule has 0 amide bonds. The second-order valence-electron chi connectivity index (χ2n) is 7.67. The highest BCUT2D eigenvalue weighted by Crippen LogP contribution is 2.40. The molecule has 0 radical (unpaired) electrons. The zero-order chi connectivity index (χ0) is 19.9. The monoisotopic (exact) mass is 378 g/mol. The van der Waals surface area contributed by atoms with Gasteiger partial charge in [0.25, 0.3) is 0 Å². The molecule has 3 rings (SSSR count). The Morgan fingerprint density at radius 3 is 2.56 bits per heavy atom. The summed E-state index contributed by atoms with van der Waals surface area (Å²) in [5, 5.41) is 19.7. The molecule has 7 nitrogen and oxygen atoms in total. The molecule has 27 heavy (non-hydrogen) atoms. The first-order valence-corrected chi connectivity index (χ1v) is 9.10. The Hall–Kier alpha value is -1.96. The smallest absolute Gasteiger partial charge is 0.343 e. The van der Waals surface area contributed by atoms with Crippen molar-refractivity contribution >= 4 is 11.9 Å². The summed E-state index contributed by atoms with van der Waals surface area (Å²) in [5.41, 5.74) is 0.586. The maximum atomic E-state index is 12.7. The number of fused-ring (bicyclic) bond motifs is 1. The van der Waals surface area contributed by atoms with Gasteiger partial charge in [-0.05, 0) is 33.3 Å². The summed E-state index contributed by atoms with van der Waals surface area (Å²) in [6.45, 7) is 8.72. The first kappa shape index (κ1) is 19.8. The lowest BCUT2D eigenvalue weighted by Gasteiger charge is -2.28. The molecule has 2 aliphatic heterocycles. The molecule has 1 aliphatic carbocycles. The molecule has 2 saturated heterocycles. The summed E-state index contributed by atoms with van der Waals surface area (Å²) in [6.07, 6.45) is 1.76. The molecule has 0 spiro atoms. The standard InChI is InChI=1S/C20H26O7/c1-10-5-14(22)6-11(2)8-16(17-12(3)18(23)25-15(17)7-10)26-19(24)20(9-21)13(4)27-20/h6-7,13-17,21-22H,3,5,8-9H2,1-2,4H3/b10-7+,11-6+/t13-,14-,15-,16-,17+,20-/m1/s1. The largest absolute Gasteiger partial charge is 0.459 e. The van der Waals surface area contributed by atoms with Crippen molar-refractivity contribution < 1.29 is 34.0 Å². The molecule has 148 valence electrons. The van der Waals surface area contributed by atoms with Gasteiger partial charge in [0, 0.05) is 12.0 Å². The molecule has 0 aromatic heterocycles. The quantitative estimate of drug-likeness (QED) is 0.329. The van der Waals surface area contributed by atoms with Crippen molar-refractivity contribution in [2.24, 2.45) is 5.92 Å². The molecule has 2 heterocycles. The van der Waals surface area contributed by atoms with E-state index in [0.717, 1.165) is 11.1 Å². The van der Waals surface area contributed by atoms with E-state index in [-0.39, 0.29) is 5.57 Å². The van der Waals surface area contributed by atoms with Gasteiger partial charge in [-0.3, -0.25) is 0 Å². The molecule has 0 unspecified atom stereocenters. The van der Waals surface area contributed by atoms with Crippen LogP contribution in [0.5, 0.6) is 0 Å². The molecule has 0 aromatic rings. The number of ether oxygens (including phenoxy) is 3. The third kappa shape index (κ3) is 3.72. The number of hydrogen-bond acceptors (Lipinski definition) is 7. The van der Waals surface area contributed by atoms with Crippen LogP contribution in [0.3, 0.4) is 0 Å². The van der Waals surface area contributed by atoms with Crippen LogP contribution in [0.25, 0.3) is 0 Å². The second kappa shape index (κ2) is 7.22. The topological polar surface area (TPSA) is 106 Å². The Morgan fingerprint density at radius 2 is 1.96 bits per heavy atom. The highest BCUT2D eigenvalue weighted by atomic mass is 16.7. The summed E-state index contributed by atoms with van der Waals surface area (Å²) in [6, 6.07) is 0. The first-order valence-electron chi connectivity index (χ1n) is 9.10. The molecule has 2 N–H and O–H groups in total. The normalized spacial score (nSPS) is 42.9. The Kier molecular flexibility index (Phi) is 5.29. The minimum Gasteiger partial charge on any atom is -0.459 e. The summed E-state index contributed by atoms with van der Waals surface area (Å²) in [5.74, 6) is -1.73. The Bertz CT molecular complexity index is 718. The van der Waals surface area contributed by atoms with Crippen molar-refractivity contribution in [3.8, 4) is 0 Å². The van der Waals surface area contributed by atoms with E-state index >= 15 is 0 Å². The van der Waals surface area contributed by atoms with Gasteiger partial charge in [-0.1, -0.05) is 23.8 Å². The Balaban J connectivity index is 1.93. The van der Waals surface area contributed by atoms with E-state index in [1.807, 2.05) is 13.8 Å². The number of rotatable bonds is 3. The van der Waals surface area contributed by atoms with Crippen molar-refractivity contribution in [3.05, 3.63) is 35.5 Å². The van der Waals surface area contributed by atoms with Crippen LogP contribution in [-0.2, 0) is 23.8 Å². The van der Waals surface area contributed by atoms with Gasteiger partial charge in [0.05, 0.1) is 24.7 Å². The number of carbonyl (C=O) groups is 2. The maximum Gasteiger partial charge on any atom is 0.343 e. The van der Waals surface area contributed by atoms with Crippen LogP contribution in [0.2, 0.25) is 0 Å². The average molecular weight is 378 g/mol.